The lowest BCUT2D eigenvalue weighted by atomic mass is 10.3. The Labute approximate surface area is 65.7 Å². The van der Waals surface area contributed by atoms with Gasteiger partial charge in [0.2, 0.25) is 0 Å². The van der Waals surface area contributed by atoms with Gasteiger partial charge in [-0.15, -0.1) is 0 Å². The van der Waals surface area contributed by atoms with Crippen LogP contribution in [0.3, 0.4) is 0 Å². The van der Waals surface area contributed by atoms with Crippen molar-refractivity contribution in [3.05, 3.63) is 18.2 Å². The molecular formula is C8H12NO2+. The second-order valence-electron chi connectivity index (χ2n) is 2.22. The van der Waals surface area contributed by atoms with Crippen molar-refractivity contribution in [2.75, 3.05) is 14.2 Å². The van der Waals surface area contributed by atoms with Crippen molar-refractivity contribution in [1.29, 1.82) is 0 Å². The fourth-order valence-electron chi connectivity index (χ4n) is 0.866. The van der Waals surface area contributed by atoms with Crippen LogP contribution < -0.4 is 15.2 Å². The maximum absolute atomic E-state index is 5.02. The van der Waals surface area contributed by atoms with Crippen molar-refractivity contribution >= 4 is 5.69 Å². The first kappa shape index (κ1) is 7.88. The molecule has 1 aromatic carbocycles. The quantitative estimate of drug-likeness (QED) is 0.677. The summed E-state index contributed by atoms with van der Waals surface area (Å²) in [6.07, 6.45) is 0. The van der Waals surface area contributed by atoms with E-state index in [4.69, 9.17) is 9.47 Å². The number of hydrogen-bond acceptors (Lipinski definition) is 2. The predicted molar refractivity (Wildman–Crippen MR) is 42.1 cm³/mol. The second-order valence-corrected chi connectivity index (χ2v) is 2.22. The van der Waals surface area contributed by atoms with E-state index in [1.165, 1.54) is 0 Å². The zero-order valence-corrected chi connectivity index (χ0v) is 6.76. The smallest absolute Gasteiger partial charge is 0.135 e. The van der Waals surface area contributed by atoms with Gasteiger partial charge in [-0.05, 0) is 0 Å². The third-order valence-electron chi connectivity index (χ3n) is 1.41. The summed E-state index contributed by atoms with van der Waals surface area (Å²) in [7, 11) is 3.24. The van der Waals surface area contributed by atoms with Crippen molar-refractivity contribution in [3.63, 3.8) is 0 Å². The van der Waals surface area contributed by atoms with E-state index in [2.05, 4.69) is 5.73 Å². The van der Waals surface area contributed by atoms with E-state index < -0.39 is 0 Å². The van der Waals surface area contributed by atoms with Gasteiger partial charge in [-0.1, -0.05) is 0 Å². The molecule has 11 heavy (non-hydrogen) atoms. The van der Waals surface area contributed by atoms with Crippen LogP contribution in [0.5, 0.6) is 11.5 Å². The molecule has 0 bridgehead atoms. The Bertz CT molecular complexity index is 226. The normalized spacial score (nSPS) is 9.36. The van der Waals surface area contributed by atoms with E-state index in [0.717, 1.165) is 17.2 Å². The molecule has 1 aromatic rings. The van der Waals surface area contributed by atoms with Gasteiger partial charge in [0.15, 0.2) is 0 Å². The topological polar surface area (TPSA) is 46.1 Å². The molecule has 0 amide bonds. The van der Waals surface area contributed by atoms with Crippen molar-refractivity contribution in [2.45, 2.75) is 0 Å². The molecule has 1 rings (SSSR count). The summed E-state index contributed by atoms with van der Waals surface area (Å²) in [5, 5.41) is 0. The molecule has 0 atom stereocenters. The van der Waals surface area contributed by atoms with Crippen molar-refractivity contribution in [2.24, 2.45) is 0 Å². The Morgan fingerprint density at radius 1 is 1.00 bits per heavy atom. The van der Waals surface area contributed by atoms with Gasteiger partial charge in [-0.2, -0.15) is 0 Å². The Balaban J connectivity index is 3.02. The summed E-state index contributed by atoms with van der Waals surface area (Å²) >= 11 is 0. The molecule has 0 aromatic heterocycles. The summed E-state index contributed by atoms with van der Waals surface area (Å²) in [4.78, 5) is 0. The molecule has 0 aliphatic heterocycles. The minimum Gasteiger partial charge on any atom is -0.496 e. The van der Waals surface area contributed by atoms with Crippen LogP contribution in [-0.4, -0.2) is 14.2 Å². The molecule has 0 fully saturated rings. The van der Waals surface area contributed by atoms with E-state index in [9.17, 15) is 0 Å². The monoisotopic (exact) mass is 154 g/mol. The number of quaternary nitrogens is 1. The average molecular weight is 154 g/mol. The fraction of sp³-hybridized carbons (Fsp3) is 0.250. The molecule has 0 aliphatic rings. The maximum Gasteiger partial charge on any atom is 0.135 e. The number of benzene rings is 1. The first-order valence-corrected chi connectivity index (χ1v) is 3.31. The summed E-state index contributed by atoms with van der Waals surface area (Å²) in [5.41, 5.74) is 4.67. The first-order valence-electron chi connectivity index (χ1n) is 3.31. The second kappa shape index (κ2) is 3.25. The van der Waals surface area contributed by atoms with Crippen molar-refractivity contribution in [1.82, 2.24) is 0 Å². The SMILES string of the molecule is COc1cc([NH3+])cc(OC)c1. The average Bonchev–Trinajstić information content (AvgIpc) is 2.03. The fourth-order valence-corrected chi connectivity index (χ4v) is 0.866. The van der Waals surface area contributed by atoms with Crippen LogP contribution in [0.2, 0.25) is 0 Å². The largest absolute Gasteiger partial charge is 0.496 e. The third kappa shape index (κ3) is 1.85. The van der Waals surface area contributed by atoms with Gasteiger partial charge in [0.05, 0.1) is 14.2 Å². The van der Waals surface area contributed by atoms with Gasteiger partial charge in [0.1, 0.15) is 17.2 Å². The Kier molecular flexibility index (Phi) is 2.33. The van der Waals surface area contributed by atoms with Gasteiger partial charge in [-0.25, -0.2) is 0 Å². The van der Waals surface area contributed by atoms with Gasteiger partial charge < -0.3 is 15.2 Å². The Morgan fingerprint density at radius 2 is 1.45 bits per heavy atom. The van der Waals surface area contributed by atoms with Crippen molar-refractivity contribution in [3.8, 4) is 11.5 Å². The number of methoxy groups -OCH3 is 2. The highest BCUT2D eigenvalue weighted by Crippen LogP contribution is 2.22. The zero-order chi connectivity index (χ0) is 8.27. The van der Waals surface area contributed by atoms with E-state index >= 15 is 0 Å². The molecule has 0 radical (unpaired) electrons. The zero-order valence-electron chi connectivity index (χ0n) is 6.76. The molecule has 0 unspecified atom stereocenters. The van der Waals surface area contributed by atoms with Crippen molar-refractivity contribution < 1.29 is 15.2 Å². The van der Waals surface area contributed by atoms with Gasteiger partial charge in [0.25, 0.3) is 0 Å². The molecule has 3 N–H and O–H groups in total. The molecule has 0 spiro atoms. The maximum atomic E-state index is 5.02. The summed E-state index contributed by atoms with van der Waals surface area (Å²) in [5.74, 6) is 1.55. The van der Waals surface area contributed by atoms with Crippen LogP contribution in [0.4, 0.5) is 5.69 Å². The number of rotatable bonds is 2. The molecular weight excluding hydrogens is 142 g/mol. The van der Waals surface area contributed by atoms with Crippen LogP contribution in [-0.2, 0) is 0 Å². The molecule has 0 aliphatic carbocycles. The van der Waals surface area contributed by atoms with E-state index in [1.54, 1.807) is 14.2 Å². The third-order valence-corrected chi connectivity index (χ3v) is 1.41. The molecule has 0 saturated heterocycles. The lowest BCUT2D eigenvalue weighted by molar-refractivity contribution is -0.254. The standard InChI is InChI=1S/C8H11NO2/c1-10-7-3-6(9)4-8(5-7)11-2/h3-5H,9H2,1-2H3/p+1. The molecule has 3 heteroatoms. The highest BCUT2D eigenvalue weighted by molar-refractivity contribution is 5.44. The molecule has 0 heterocycles. The van der Waals surface area contributed by atoms with Gasteiger partial charge in [-0.3, -0.25) is 0 Å². The molecule has 60 valence electrons. The molecule has 3 nitrogen and oxygen atoms in total. The predicted octanol–water partition coefficient (Wildman–Crippen LogP) is 0.577. The summed E-state index contributed by atoms with van der Waals surface area (Å²) in [6, 6.07) is 5.51. The van der Waals surface area contributed by atoms with Crippen LogP contribution in [0, 0.1) is 0 Å². The number of hydrogen-bond donors (Lipinski definition) is 1. The minimum atomic E-state index is 0.773. The highest BCUT2D eigenvalue weighted by Gasteiger charge is 1.99. The lowest BCUT2D eigenvalue weighted by Gasteiger charge is -2.02. The van der Waals surface area contributed by atoms with Crippen LogP contribution in [0.25, 0.3) is 0 Å². The van der Waals surface area contributed by atoms with Gasteiger partial charge in [0, 0.05) is 18.2 Å². The Morgan fingerprint density at radius 3 is 1.82 bits per heavy atom. The van der Waals surface area contributed by atoms with Gasteiger partial charge >= 0.3 is 0 Å². The number of ether oxygens (including phenoxy) is 2. The van der Waals surface area contributed by atoms with Crippen LogP contribution in [0.15, 0.2) is 18.2 Å². The minimum absolute atomic E-state index is 0.773. The highest BCUT2D eigenvalue weighted by atomic mass is 16.5. The van der Waals surface area contributed by atoms with E-state index in [0.29, 0.717) is 0 Å². The first-order chi connectivity index (χ1) is 5.26. The summed E-state index contributed by atoms with van der Waals surface area (Å²) < 4.78 is 10.0. The van der Waals surface area contributed by atoms with E-state index in [1.807, 2.05) is 18.2 Å². The lowest BCUT2D eigenvalue weighted by Crippen LogP contribution is -2.40. The van der Waals surface area contributed by atoms with Crippen LogP contribution in [0.1, 0.15) is 0 Å². The summed E-state index contributed by atoms with van der Waals surface area (Å²) in [6.45, 7) is 0. The van der Waals surface area contributed by atoms with Crippen LogP contribution >= 0.6 is 0 Å². The molecule has 0 saturated carbocycles. The Hall–Kier alpha value is -1.22. The van der Waals surface area contributed by atoms with E-state index in [-0.39, 0.29) is 0 Å².